The zero-order valence-electron chi connectivity index (χ0n) is 11.5. The molecule has 0 spiro atoms. The van der Waals surface area contributed by atoms with E-state index >= 15 is 0 Å². The molecule has 0 amide bonds. The molecule has 0 aliphatic heterocycles. The smallest absolute Gasteiger partial charge is 0.0426 e. The molecule has 2 aromatic rings. The van der Waals surface area contributed by atoms with Crippen LogP contribution in [0, 0.1) is 6.92 Å². The summed E-state index contributed by atoms with van der Waals surface area (Å²) in [5.41, 5.74) is 3.76. The molecule has 100 valence electrons. The van der Waals surface area contributed by atoms with E-state index in [0.717, 1.165) is 23.7 Å². The lowest BCUT2D eigenvalue weighted by Gasteiger charge is -2.14. The second-order valence-corrected chi connectivity index (χ2v) is 5.42. The van der Waals surface area contributed by atoms with Crippen LogP contribution in [0.5, 0.6) is 0 Å². The van der Waals surface area contributed by atoms with Crippen molar-refractivity contribution in [3.63, 3.8) is 0 Å². The quantitative estimate of drug-likeness (QED) is 0.784. The Morgan fingerprint density at radius 1 is 1.11 bits per heavy atom. The Morgan fingerprint density at radius 3 is 2.58 bits per heavy atom. The van der Waals surface area contributed by atoms with Crippen LogP contribution in [0.15, 0.2) is 48.5 Å². The van der Waals surface area contributed by atoms with Crippen LogP contribution in [-0.4, -0.2) is 6.54 Å². The topological polar surface area (TPSA) is 12.0 Å². The molecule has 0 saturated carbocycles. The summed E-state index contributed by atoms with van der Waals surface area (Å²) in [6, 6.07) is 16.6. The number of halogens is 1. The van der Waals surface area contributed by atoms with Gasteiger partial charge in [-0.15, -0.1) is 0 Å². The molecule has 1 atom stereocenters. The Hall–Kier alpha value is -1.47. The molecule has 0 aliphatic carbocycles. The Bertz CT molecular complexity index is 522. The van der Waals surface area contributed by atoms with Gasteiger partial charge in [-0.05, 0) is 42.5 Å². The first-order chi connectivity index (χ1) is 9.16. The molecule has 0 aromatic heterocycles. The summed E-state index contributed by atoms with van der Waals surface area (Å²) in [6.45, 7) is 5.32. The molecule has 1 N–H and O–H groups in total. The van der Waals surface area contributed by atoms with Crippen LogP contribution >= 0.6 is 11.6 Å². The molecule has 2 heteroatoms. The molecular weight excluding hydrogens is 254 g/mol. The molecule has 1 nitrogen and oxygen atoms in total. The molecule has 0 aliphatic rings. The fraction of sp³-hybridized carbons (Fsp3) is 0.294. The van der Waals surface area contributed by atoms with Gasteiger partial charge in [0.2, 0.25) is 0 Å². The van der Waals surface area contributed by atoms with Crippen molar-refractivity contribution in [3.8, 4) is 0 Å². The van der Waals surface area contributed by atoms with Gasteiger partial charge < -0.3 is 5.32 Å². The van der Waals surface area contributed by atoms with Crippen molar-refractivity contribution in [1.82, 2.24) is 0 Å². The normalized spacial score (nSPS) is 12.2. The Kier molecular flexibility index (Phi) is 4.86. The third-order valence-corrected chi connectivity index (χ3v) is 3.70. The SMILES string of the molecule is Cc1ccc(Cl)cc1NCCC(C)c1ccccc1. The summed E-state index contributed by atoms with van der Waals surface area (Å²) in [4.78, 5) is 0. The number of anilines is 1. The molecule has 0 heterocycles. The van der Waals surface area contributed by atoms with Gasteiger partial charge in [0.25, 0.3) is 0 Å². The Labute approximate surface area is 120 Å². The van der Waals surface area contributed by atoms with Crippen LogP contribution < -0.4 is 5.32 Å². The van der Waals surface area contributed by atoms with Gasteiger partial charge in [-0.25, -0.2) is 0 Å². The highest BCUT2D eigenvalue weighted by Crippen LogP contribution is 2.22. The van der Waals surface area contributed by atoms with Crippen LogP contribution in [0.3, 0.4) is 0 Å². The van der Waals surface area contributed by atoms with E-state index in [1.165, 1.54) is 11.1 Å². The van der Waals surface area contributed by atoms with E-state index < -0.39 is 0 Å². The van der Waals surface area contributed by atoms with Crippen LogP contribution in [0.25, 0.3) is 0 Å². The highest BCUT2D eigenvalue weighted by molar-refractivity contribution is 6.30. The maximum Gasteiger partial charge on any atom is 0.0426 e. The average Bonchev–Trinajstić information content (AvgIpc) is 2.43. The van der Waals surface area contributed by atoms with Crippen molar-refractivity contribution >= 4 is 17.3 Å². The molecule has 1 unspecified atom stereocenters. The number of nitrogens with one attached hydrogen (secondary N) is 1. The molecule has 0 fully saturated rings. The first kappa shape index (κ1) is 14.0. The summed E-state index contributed by atoms with van der Waals surface area (Å²) < 4.78 is 0. The lowest BCUT2D eigenvalue weighted by atomic mass is 9.98. The molecule has 0 bridgehead atoms. The maximum absolute atomic E-state index is 6.01. The molecule has 19 heavy (non-hydrogen) atoms. The van der Waals surface area contributed by atoms with Gasteiger partial charge in [0.05, 0.1) is 0 Å². The fourth-order valence-corrected chi connectivity index (χ4v) is 2.33. The predicted molar refractivity (Wildman–Crippen MR) is 84.2 cm³/mol. The Balaban J connectivity index is 1.88. The molecule has 2 aromatic carbocycles. The predicted octanol–water partition coefficient (Wildman–Crippen LogP) is 5.25. The second kappa shape index (κ2) is 6.63. The average molecular weight is 274 g/mol. The summed E-state index contributed by atoms with van der Waals surface area (Å²) in [5, 5.41) is 4.25. The summed E-state index contributed by atoms with van der Waals surface area (Å²) in [5.74, 6) is 0.563. The highest BCUT2D eigenvalue weighted by Gasteiger charge is 2.05. The summed E-state index contributed by atoms with van der Waals surface area (Å²) in [6.07, 6.45) is 1.11. The monoisotopic (exact) mass is 273 g/mol. The number of rotatable bonds is 5. The van der Waals surface area contributed by atoms with Crippen LogP contribution in [0.4, 0.5) is 5.69 Å². The van der Waals surface area contributed by atoms with Crippen LogP contribution in [0.2, 0.25) is 5.02 Å². The summed E-state index contributed by atoms with van der Waals surface area (Å²) >= 11 is 6.01. The van der Waals surface area contributed by atoms with E-state index in [1.54, 1.807) is 0 Å². The molecule has 2 rings (SSSR count). The lowest BCUT2D eigenvalue weighted by Crippen LogP contribution is -2.06. The van der Waals surface area contributed by atoms with Crippen molar-refractivity contribution in [3.05, 3.63) is 64.7 Å². The van der Waals surface area contributed by atoms with Crippen molar-refractivity contribution in [2.45, 2.75) is 26.2 Å². The highest BCUT2D eigenvalue weighted by atomic mass is 35.5. The zero-order valence-corrected chi connectivity index (χ0v) is 12.2. The van der Waals surface area contributed by atoms with Gasteiger partial charge in [0, 0.05) is 17.3 Å². The van der Waals surface area contributed by atoms with Gasteiger partial charge in [0.15, 0.2) is 0 Å². The maximum atomic E-state index is 6.01. The largest absolute Gasteiger partial charge is 0.385 e. The minimum Gasteiger partial charge on any atom is -0.385 e. The molecule has 0 radical (unpaired) electrons. The number of aryl methyl sites for hydroxylation is 1. The van der Waals surface area contributed by atoms with Gasteiger partial charge in [-0.1, -0.05) is 54.9 Å². The first-order valence-corrected chi connectivity index (χ1v) is 7.09. The van der Waals surface area contributed by atoms with Crippen LogP contribution in [-0.2, 0) is 0 Å². The van der Waals surface area contributed by atoms with Gasteiger partial charge in [-0.2, -0.15) is 0 Å². The minimum atomic E-state index is 0.563. The van der Waals surface area contributed by atoms with Gasteiger partial charge in [0.1, 0.15) is 0 Å². The Morgan fingerprint density at radius 2 is 1.84 bits per heavy atom. The van der Waals surface area contributed by atoms with Crippen molar-refractivity contribution < 1.29 is 0 Å². The van der Waals surface area contributed by atoms with Crippen LogP contribution in [0.1, 0.15) is 30.4 Å². The van der Waals surface area contributed by atoms with Crippen molar-refractivity contribution in [2.75, 3.05) is 11.9 Å². The van der Waals surface area contributed by atoms with Gasteiger partial charge >= 0.3 is 0 Å². The standard InChI is InChI=1S/C17H20ClN/c1-13(15-6-4-3-5-7-15)10-11-19-17-12-16(18)9-8-14(17)2/h3-9,12-13,19H,10-11H2,1-2H3. The number of hydrogen-bond donors (Lipinski definition) is 1. The second-order valence-electron chi connectivity index (χ2n) is 4.99. The van der Waals surface area contributed by atoms with E-state index in [1.807, 2.05) is 18.2 Å². The molecular formula is C17H20ClN. The zero-order chi connectivity index (χ0) is 13.7. The van der Waals surface area contributed by atoms with E-state index in [2.05, 4.69) is 49.5 Å². The fourth-order valence-electron chi connectivity index (χ4n) is 2.16. The minimum absolute atomic E-state index is 0.563. The first-order valence-electron chi connectivity index (χ1n) is 6.72. The number of hydrogen-bond acceptors (Lipinski definition) is 1. The number of benzene rings is 2. The van der Waals surface area contributed by atoms with Gasteiger partial charge in [-0.3, -0.25) is 0 Å². The van der Waals surface area contributed by atoms with E-state index in [-0.39, 0.29) is 0 Å². The third-order valence-electron chi connectivity index (χ3n) is 3.46. The third kappa shape index (κ3) is 4.00. The van der Waals surface area contributed by atoms with E-state index in [0.29, 0.717) is 5.92 Å². The summed E-state index contributed by atoms with van der Waals surface area (Å²) in [7, 11) is 0. The van der Waals surface area contributed by atoms with Crippen molar-refractivity contribution in [1.29, 1.82) is 0 Å². The van der Waals surface area contributed by atoms with E-state index in [4.69, 9.17) is 11.6 Å². The van der Waals surface area contributed by atoms with Crippen molar-refractivity contribution in [2.24, 2.45) is 0 Å². The lowest BCUT2D eigenvalue weighted by molar-refractivity contribution is 0.706. The van der Waals surface area contributed by atoms with E-state index in [9.17, 15) is 0 Å². The molecule has 0 saturated heterocycles.